The Balaban J connectivity index is 1.96. The number of halogens is 2. The summed E-state index contributed by atoms with van der Waals surface area (Å²) in [6.07, 6.45) is 0.995. The van der Waals surface area contributed by atoms with Crippen LogP contribution in [-0.4, -0.2) is 30.2 Å². The standard InChI is InChI=1S/C11H14Cl2N2O2/c1-15-9(4-8(12)10(15)13)11(16)14-5-7-2-3-17-6-7/h4,7H,2-3,5-6H2,1H3,(H,14,16)/t7-/m0/s1. The topological polar surface area (TPSA) is 43.3 Å². The second kappa shape index (κ2) is 5.29. The van der Waals surface area contributed by atoms with E-state index in [1.54, 1.807) is 17.7 Å². The van der Waals surface area contributed by atoms with Crippen LogP contribution in [0.5, 0.6) is 0 Å². The maximum absolute atomic E-state index is 11.9. The summed E-state index contributed by atoms with van der Waals surface area (Å²) in [5.74, 6) is 0.248. The van der Waals surface area contributed by atoms with Crippen LogP contribution in [0.15, 0.2) is 6.07 Å². The van der Waals surface area contributed by atoms with Gasteiger partial charge in [0.05, 0.1) is 11.6 Å². The van der Waals surface area contributed by atoms with Gasteiger partial charge in [0, 0.05) is 26.1 Å². The van der Waals surface area contributed by atoms with E-state index in [1.807, 2.05) is 0 Å². The molecule has 0 aromatic carbocycles. The van der Waals surface area contributed by atoms with Gasteiger partial charge in [0.25, 0.3) is 5.91 Å². The number of aromatic nitrogens is 1. The van der Waals surface area contributed by atoms with Crippen LogP contribution in [0.25, 0.3) is 0 Å². The zero-order valence-corrected chi connectivity index (χ0v) is 11.0. The van der Waals surface area contributed by atoms with Crippen LogP contribution < -0.4 is 5.32 Å². The first-order valence-electron chi connectivity index (χ1n) is 5.46. The van der Waals surface area contributed by atoms with Gasteiger partial charge in [-0.3, -0.25) is 4.79 Å². The third-order valence-electron chi connectivity index (χ3n) is 2.92. The van der Waals surface area contributed by atoms with Gasteiger partial charge in [0.15, 0.2) is 0 Å². The predicted octanol–water partition coefficient (Wildman–Crippen LogP) is 2.10. The lowest BCUT2D eigenvalue weighted by Gasteiger charge is -2.09. The molecule has 6 heteroatoms. The fraction of sp³-hybridized carbons (Fsp3) is 0.545. The Morgan fingerprint density at radius 2 is 2.41 bits per heavy atom. The Hall–Kier alpha value is -0.710. The lowest BCUT2D eigenvalue weighted by Crippen LogP contribution is -2.30. The molecule has 1 aliphatic heterocycles. The maximum Gasteiger partial charge on any atom is 0.268 e. The van der Waals surface area contributed by atoms with Gasteiger partial charge < -0.3 is 14.6 Å². The molecule has 1 aromatic heterocycles. The molecule has 1 aliphatic rings. The number of amides is 1. The summed E-state index contributed by atoms with van der Waals surface area (Å²) < 4.78 is 6.82. The van der Waals surface area contributed by atoms with Gasteiger partial charge in [-0.15, -0.1) is 0 Å². The van der Waals surface area contributed by atoms with Gasteiger partial charge in [-0.1, -0.05) is 23.2 Å². The third kappa shape index (κ3) is 2.76. The molecule has 2 heterocycles. The van der Waals surface area contributed by atoms with Crippen LogP contribution in [0.4, 0.5) is 0 Å². The van der Waals surface area contributed by atoms with Crippen LogP contribution in [0, 0.1) is 5.92 Å². The van der Waals surface area contributed by atoms with E-state index in [4.69, 9.17) is 27.9 Å². The van der Waals surface area contributed by atoms with E-state index in [0.717, 1.165) is 19.6 Å². The maximum atomic E-state index is 11.9. The summed E-state index contributed by atoms with van der Waals surface area (Å²) >= 11 is 11.8. The minimum atomic E-state index is -0.159. The van der Waals surface area contributed by atoms with E-state index in [9.17, 15) is 4.79 Å². The number of hydrogen-bond donors (Lipinski definition) is 1. The van der Waals surface area contributed by atoms with Gasteiger partial charge in [-0.2, -0.15) is 0 Å². The predicted molar refractivity (Wildman–Crippen MR) is 66.7 cm³/mol. The molecule has 0 unspecified atom stereocenters. The largest absolute Gasteiger partial charge is 0.381 e. The summed E-state index contributed by atoms with van der Waals surface area (Å²) in [4.78, 5) is 11.9. The average Bonchev–Trinajstić information content (AvgIpc) is 2.91. The molecule has 94 valence electrons. The fourth-order valence-electron chi connectivity index (χ4n) is 1.83. The fourth-order valence-corrected chi connectivity index (χ4v) is 2.21. The molecule has 17 heavy (non-hydrogen) atoms. The van der Waals surface area contributed by atoms with Crippen LogP contribution in [0.2, 0.25) is 10.2 Å². The highest BCUT2D eigenvalue weighted by Crippen LogP contribution is 2.25. The number of nitrogens with zero attached hydrogens (tertiary/aromatic N) is 1. The number of rotatable bonds is 3. The molecular formula is C11H14Cl2N2O2. The number of nitrogens with one attached hydrogen (secondary N) is 1. The molecule has 1 atom stereocenters. The van der Waals surface area contributed by atoms with E-state index in [0.29, 0.717) is 28.3 Å². The first-order chi connectivity index (χ1) is 8.09. The SMILES string of the molecule is Cn1c(C(=O)NC[C@@H]2CCOC2)cc(Cl)c1Cl. The Labute approximate surface area is 110 Å². The molecule has 1 saturated heterocycles. The summed E-state index contributed by atoms with van der Waals surface area (Å²) in [5.41, 5.74) is 0.471. The minimum Gasteiger partial charge on any atom is -0.381 e. The highest BCUT2D eigenvalue weighted by Gasteiger charge is 2.19. The number of carbonyl (C=O) groups is 1. The Morgan fingerprint density at radius 3 is 2.94 bits per heavy atom. The average molecular weight is 277 g/mol. The first-order valence-corrected chi connectivity index (χ1v) is 6.22. The summed E-state index contributed by atoms with van der Waals surface area (Å²) in [6.45, 7) is 2.12. The monoisotopic (exact) mass is 276 g/mol. The van der Waals surface area contributed by atoms with Crippen molar-refractivity contribution in [3.63, 3.8) is 0 Å². The van der Waals surface area contributed by atoms with Gasteiger partial charge in [0.2, 0.25) is 0 Å². The Morgan fingerprint density at radius 1 is 1.65 bits per heavy atom. The van der Waals surface area contributed by atoms with Crippen molar-refractivity contribution < 1.29 is 9.53 Å². The highest BCUT2D eigenvalue weighted by atomic mass is 35.5. The lowest BCUT2D eigenvalue weighted by atomic mass is 10.1. The zero-order chi connectivity index (χ0) is 12.4. The van der Waals surface area contributed by atoms with Crippen LogP contribution in [0.3, 0.4) is 0 Å². The van der Waals surface area contributed by atoms with Gasteiger partial charge in [-0.05, 0) is 12.5 Å². The molecule has 0 bridgehead atoms. The van der Waals surface area contributed by atoms with E-state index < -0.39 is 0 Å². The van der Waals surface area contributed by atoms with Crippen molar-refractivity contribution in [3.8, 4) is 0 Å². The third-order valence-corrected chi connectivity index (χ3v) is 3.77. The minimum absolute atomic E-state index is 0.159. The molecule has 0 radical (unpaired) electrons. The number of ether oxygens (including phenoxy) is 1. The first kappa shape index (κ1) is 12.7. The van der Waals surface area contributed by atoms with Gasteiger partial charge in [0.1, 0.15) is 10.8 Å². The van der Waals surface area contributed by atoms with Crippen molar-refractivity contribution in [1.29, 1.82) is 0 Å². The smallest absolute Gasteiger partial charge is 0.268 e. The number of hydrogen-bond acceptors (Lipinski definition) is 2. The van der Waals surface area contributed by atoms with Crippen LogP contribution >= 0.6 is 23.2 Å². The molecule has 1 N–H and O–H groups in total. The normalized spacial score (nSPS) is 19.6. The quantitative estimate of drug-likeness (QED) is 0.919. The molecular weight excluding hydrogens is 263 g/mol. The molecule has 0 spiro atoms. The van der Waals surface area contributed by atoms with Crippen molar-refractivity contribution in [2.75, 3.05) is 19.8 Å². The van der Waals surface area contributed by atoms with Crippen molar-refractivity contribution in [3.05, 3.63) is 21.9 Å². The van der Waals surface area contributed by atoms with E-state index in [1.165, 1.54) is 0 Å². The van der Waals surface area contributed by atoms with Crippen molar-refractivity contribution in [1.82, 2.24) is 9.88 Å². The number of carbonyl (C=O) groups excluding carboxylic acids is 1. The summed E-state index contributed by atoms with van der Waals surface area (Å²) in [5, 5.41) is 3.63. The van der Waals surface area contributed by atoms with E-state index >= 15 is 0 Å². The van der Waals surface area contributed by atoms with Crippen LogP contribution in [-0.2, 0) is 11.8 Å². The lowest BCUT2D eigenvalue weighted by molar-refractivity contribution is 0.0937. The van der Waals surface area contributed by atoms with Crippen LogP contribution in [0.1, 0.15) is 16.9 Å². The molecule has 0 saturated carbocycles. The Bertz CT molecular complexity index is 425. The molecule has 1 fully saturated rings. The summed E-state index contributed by atoms with van der Waals surface area (Å²) in [6, 6.07) is 1.57. The molecule has 1 amide bonds. The van der Waals surface area contributed by atoms with E-state index in [2.05, 4.69) is 5.32 Å². The summed E-state index contributed by atoms with van der Waals surface area (Å²) in [7, 11) is 1.71. The second-order valence-corrected chi connectivity index (χ2v) is 4.93. The molecule has 1 aromatic rings. The van der Waals surface area contributed by atoms with E-state index in [-0.39, 0.29) is 5.91 Å². The zero-order valence-electron chi connectivity index (χ0n) is 9.50. The second-order valence-electron chi connectivity index (χ2n) is 4.17. The molecule has 4 nitrogen and oxygen atoms in total. The van der Waals surface area contributed by atoms with Gasteiger partial charge in [-0.25, -0.2) is 0 Å². The van der Waals surface area contributed by atoms with Crippen molar-refractivity contribution in [2.45, 2.75) is 6.42 Å². The van der Waals surface area contributed by atoms with Crippen molar-refractivity contribution in [2.24, 2.45) is 13.0 Å². The van der Waals surface area contributed by atoms with Gasteiger partial charge >= 0.3 is 0 Å². The van der Waals surface area contributed by atoms with Crippen molar-refractivity contribution >= 4 is 29.1 Å². The Kier molecular flexibility index (Phi) is 3.97. The molecule has 0 aliphatic carbocycles. The molecule has 2 rings (SSSR count). The highest BCUT2D eigenvalue weighted by molar-refractivity contribution is 6.41.